The van der Waals surface area contributed by atoms with Crippen LogP contribution in [0, 0.1) is 6.92 Å². The Bertz CT molecular complexity index is 467. The Morgan fingerprint density at radius 1 is 1.44 bits per heavy atom. The molecule has 1 atom stereocenters. The number of pyridine rings is 1. The Kier molecular flexibility index (Phi) is 3.52. The molecule has 0 fully saturated rings. The highest BCUT2D eigenvalue weighted by molar-refractivity contribution is 8.00. The van der Waals surface area contributed by atoms with Crippen LogP contribution in [-0.2, 0) is 0 Å². The van der Waals surface area contributed by atoms with Crippen molar-refractivity contribution in [3.63, 3.8) is 0 Å². The summed E-state index contributed by atoms with van der Waals surface area (Å²) < 4.78 is 4.98. The van der Waals surface area contributed by atoms with Gasteiger partial charge in [-0.3, -0.25) is 0 Å². The fourth-order valence-electron chi connectivity index (χ4n) is 1.11. The quantitative estimate of drug-likeness (QED) is 0.910. The first-order chi connectivity index (χ1) is 7.65. The molecule has 2 aromatic heterocycles. The molecule has 0 aliphatic heterocycles. The zero-order chi connectivity index (χ0) is 11.5. The summed E-state index contributed by atoms with van der Waals surface area (Å²) in [6, 6.07) is 3.75. The Labute approximate surface area is 102 Å². The lowest BCUT2D eigenvalue weighted by atomic mass is 10.2. The highest BCUT2D eigenvalue weighted by atomic mass is 32.2. The first-order valence-electron chi connectivity index (χ1n) is 4.77. The first-order valence-corrected chi connectivity index (χ1v) is 6.36. The SMILES string of the molecule is Cc1nsc(Sc2ccc([C@H](C)O)cn2)n1. The maximum absolute atomic E-state index is 9.34. The van der Waals surface area contributed by atoms with Crippen molar-refractivity contribution in [1.29, 1.82) is 0 Å². The van der Waals surface area contributed by atoms with Crippen LogP contribution < -0.4 is 0 Å². The molecule has 0 spiro atoms. The van der Waals surface area contributed by atoms with Gasteiger partial charge in [-0.15, -0.1) is 0 Å². The van der Waals surface area contributed by atoms with E-state index >= 15 is 0 Å². The molecule has 0 unspecified atom stereocenters. The lowest BCUT2D eigenvalue weighted by Gasteiger charge is -2.03. The number of rotatable bonds is 3. The van der Waals surface area contributed by atoms with Crippen molar-refractivity contribution in [2.45, 2.75) is 29.3 Å². The molecule has 1 N–H and O–H groups in total. The number of aliphatic hydroxyl groups is 1. The average molecular weight is 253 g/mol. The summed E-state index contributed by atoms with van der Waals surface area (Å²) in [6.07, 6.45) is 1.20. The summed E-state index contributed by atoms with van der Waals surface area (Å²) in [5, 5.41) is 10.2. The second-order valence-corrected chi connectivity index (χ2v) is 5.33. The van der Waals surface area contributed by atoms with Crippen LogP contribution in [0.15, 0.2) is 27.7 Å². The van der Waals surface area contributed by atoms with Crippen molar-refractivity contribution in [1.82, 2.24) is 14.3 Å². The molecule has 16 heavy (non-hydrogen) atoms. The van der Waals surface area contributed by atoms with Crippen LogP contribution in [-0.4, -0.2) is 19.4 Å². The summed E-state index contributed by atoms with van der Waals surface area (Å²) in [5.41, 5.74) is 0.817. The molecule has 84 valence electrons. The third-order valence-electron chi connectivity index (χ3n) is 1.94. The number of hydrogen-bond donors (Lipinski definition) is 1. The van der Waals surface area contributed by atoms with E-state index in [2.05, 4.69) is 14.3 Å². The molecule has 4 nitrogen and oxygen atoms in total. The second-order valence-electron chi connectivity index (χ2n) is 3.32. The van der Waals surface area contributed by atoms with E-state index in [4.69, 9.17) is 0 Å². The lowest BCUT2D eigenvalue weighted by Crippen LogP contribution is -1.91. The molecule has 0 aromatic carbocycles. The fourth-order valence-corrected chi connectivity index (χ4v) is 2.65. The third kappa shape index (κ3) is 2.78. The maximum atomic E-state index is 9.34. The van der Waals surface area contributed by atoms with Crippen LogP contribution in [0.2, 0.25) is 0 Å². The zero-order valence-electron chi connectivity index (χ0n) is 8.91. The van der Waals surface area contributed by atoms with E-state index in [0.717, 1.165) is 20.8 Å². The van der Waals surface area contributed by atoms with Crippen LogP contribution in [0.25, 0.3) is 0 Å². The van der Waals surface area contributed by atoms with Crippen molar-refractivity contribution >= 4 is 23.3 Å². The Hall–Kier alpha value is -0.980. The molecule has 0 saturated carbocycles. The van der Waals surface area contributed by atoms with Gasteiger partial charge in [0, 0.05) is 6.20 Å². The van der Waals surface area contributed by atoms with Crippen LogP contribution in [0.1, 0.15) is 24.4 Å². The number of aliphatic hydroxyl groups excluding tert-OH is 1. The zero-order valence-corrected chi connectivity index (χ0v) is 10.5. The lowest BCUT2D eigenvalue weighted by molar-refractivity contribution is 0.198. The third-order valence-corrected chi connectivity index (χ3v) is 3.74. The van der Waals surface area contributed by atoms with Gasteiger partial charge >= 0.3 is 0 Å². The van der Waals surface area contributed by atoms with Gasteiger partial charge in [0.1, 0.15) is 10.9 Å². The van der Waals surface area contributed by atoms with Crippen LogP contribution in [0.4, 0.5) is 0 Å². The molecular formula is C10H11N3OS2. The molecule has 6 heteroatoms. The highest BCUT2D eigenvalue weighted by Crippen LogP contribution is 2.27. The van der Waals surface area contributed by atoms with Crippen molar-refractivity contribution in [3.8, 4) is 0 Å². The smallest absolute Gasteiger partial charge is 0.176 e. The summed E-state index contributed by atoms with van der Waals surface area (Å²) in [5.74, 6) is 0.785. The van der Waals surface area contributed by atoms with Gasteiger partial charge in [-0.1, -0.05) is 6.07 Å². The number of aryl methyl sites for hydroxylation is 1. The van der Waals surface area contributed by atoms with Gasteiger partial charge in [-0.05, 0) is 48.8 Å². The van der Waals surface area contributed by atoms with E-state index in [1.54, 1.807) is 13.1 Å². The molecule has 2 rings (SSSR count). The minimum atomic E-state index is -0.477. The molecule has 0 aliphatic rings. The molecular weight excluding hydrogens is 242 g/mol. The Morgan fingerprint density at radius 2 is 2.25 bits per heavy atom. The van der Waals surface area contributed by atoms with Crippen molar-refractivity contribution in [2.75, 3.05) is 0 Å². The highest BCUT2D eigenvalue weighted by Gasteiger charge is 2.05. The van der Waals surface area contributed by atoms with Crippen LogP contribution in [0.3, 0.4) is 0 Å². The van der Waals surface area contributed by atoms with Gasteiger partial charge in [0.15, 0.2) is 4.34 Å². The van der Waals surface area contributed by atoms with Crippen LogP contribution in [0.5, 0.6) is 0 Å². The molecule has 0 saturated heterocycles. The Morgan fingerprint density at radius 3 is 2.75 bits per heavy atom. The number of aromatic nitrogens is 3. The van der Waals surface area contributed by atoms with E-state index in [1.807, 2.05) is 19.1 Å². The van der Waals surface area contributed by atoms with E-state index in [-0.39, 0.29) is 0 Å². The van der Waals surface area contributed by atoms with E-state index in [9.17, 15) is 5.11 Å². The van der Waals surface area contributed by atoms with Gasteiger partial charge in [-0.25, -0.2) is 9.97 Å². The van der Waals surface area contributed by atoms with Crippen molar-refractivity contribution in [2.24, 2.45) is 0 Å². The van der Waals surface area contributed by atoms with Crippen molar-refractivity contribution in [3.05, 3.63) is 29.7 Å². The van der Waals surface area contributed by atoms with Gasteiger partial charge in [0.05, 0.1) is 6.10 Å². The molecule has 2 aromatic rings. The molecule has 0 aliphatic carbocycles. The predicted molar refractivity (Wildman–Crippen MR) is 63.6 cm³/mol. The minimum Gasteiger partial charge on any atom is -0.389 e. The van der Waals surface area contributed by atoms with Gasteiger partial charge in [0.25, 0.3) is 0 Å². The van der Waals surface area contributed by atoms with Crippen molar-refractivity contribution < 1.29 is 5.11 Å². The van der Waals surface area contributed by atoms with E-state index < -0.39 is 6.10 Å². The van der Waals surface area contributed by atoms with E-state index in [1.165, 1.54) is 23.3 Å². The standard InChI is InChI=1S/C10H11N3OS2/c1-6(14)8-3-4-9(11-5-8)15-10-12-7(2)13-16-10/h3-6,14H,1-2H3/t6-/m0/s1. The number of hydrogen-bond acceptors (Lipinski definition) is 6. The maximum Gasteiger partial charge on any atom is 0.176 e. The van der Waals surface area contributed by atoms with Gasteiger partial charge < -0.3 is 5.11 Å². The Balaban J connectivity index is 2.11. The summed E-state index contributed by atoms with van der Waals surface area (Å²) in [4.78, 5) is 8.49. The summed E-state index contributed by atoms with van der Waals surface area (Å²) in [6.45, 7) is 3.59. The molecule has 0 bridgehead atoms. The topological polar surface area (TPSA) is 58.9 Å². The normalized spacial score (nSPS) is 12.7. The molecule has 2 heterocycles. The van der Waals surface area contributed by atoms with Crippen LogP contribution >= 0.6 is 23.3 Å². The summed E-state index contributed by atoms with van der Waals surface area (Å²) in [7, 11) is 0. The average Bonchev–Trinajstić information content (AvgIpc) is 2.65. The van der Waals surface area contributed by atoms with Gasteiger partial charge in [-0.2, -0.15) is 4.37 Å². The van der Waals surface area contributed by atoms with Gasteiger partial charge in [0.2, 0.25) is 0 Å². The van der Waals surface area contributed by atoms with E-state index in [0.29, 0.717) is 0 Å². The second kappa shape index (κ2) is 4.90. The number of nitrogens with zero attached hydrogens (tertiary/aromatic N) is 3. The molecule has 0 radical (unpaired) electrons. The monoisotopic (exact) mass is 253 g/mol. The predicted octanol–water partition coefficient (Wildman–Crippen LogP) is 2.45. The molecule has 0 amide bonds. The fraction of sp³-hybridized carbons (Fsp3) is 0.300. The summed E-state index contributed by atoms with van der Waals surface area (Å²) >= 11 is 2.85. The largest absolute Gasteiger partial charge is 0.389 e. The first kappa shape index (κ1) is 11.5. The minimum absolute atomic E-state index is 0.477.